The maximum absolute atomic E-state index is 5.39. The number of aryl methyl sites for hydroxylation is 2. The van der Waals surface area contributed by atoms with Gasteiger partial charge in [0.15, 0.2) is 11.6 Å². The molecule has 0 amide bonds. The second-order valence-electron chi connectivity index (χ2n) is 3.68. The van der Waals surface area contributed by atoms with E-state index in [-0.39, 0.29) is 0 Å². The largest absolute Gasteiger partial charge is 0.461 e. The van der Waals surface area contributed by atoms with Crippen LogP contribution in [-0.2, 0) is 0 Å². The first-order chi connectivity index (χ1) is 7.70. The molecule has 2 aromatic heterocycles. The van der Waals surface area contributed by atoms with Crippen LogP contribution in [0.3, 0.4) is 0 Å². The normalized spacial score (nSPS) is 10.4. The van der Waals surface area contributed by atoms with Crippen LogP contribution in [0, 0.1) is 13.8 Å². The first-order valence-corrected chi connectivity index (χ1v) is 5.34. The second kappa shape index (κ2) is 4.35. The molecule has 0 spiro atoms. The number of aromatic nitrogens is 2. The molecule has 0 saturated heterocycles. The van der Waals surface area contributed by atoms with E-state index in [1.807, 2.05) is 32.9 Å². The molecule has 1 N–H and O–H groups in total. The average Bonchev–Trinajstić information content (AvgIpc) is 2.64. The van der Waals surface area contributed by atoms with Gasteiger partial charge in [-0.3, -0.25) is 0 Å². The number of hydrogen-bond acceptors (Lipinski definition) is 4. The molecule has 0 aliphatic rings. The monoisotopic (exact) mass is 217 g/mol. The van der Waals surface area contributed by atoms with E-state index in [0.29, 0.717) is 5.82 Å². The summed E-state index contributed by atoms with van der Waals surface area (Å²) < 4.78 is 5.39. The van der Waals surface area contributed by atoms with Crippen molar-refractivity contribution in [1.29, 1.82) is 0 Å². The predicted octanol–water partition coefficient (Wildman–Crippen LogP) is 2.79. The number of anilines is 1. The van der Waals surface area contributed by atoms with Gasteiger partial charge >= 0.3 is 0 Å². The smallest absolute Gasteiger partial charge is 0.198 e. The number of rotatable bonds is 3. The fourth-order valence-electron chi connectivity index (χ4n) is 1.54. The molecule has 0 bridgehead atoms. The number of nitrogens with one attached hydrogen (secondary N) is 1. The Kier molecular flexibility index (Phi) is 2.90. The van der Waals surface area contributed by atoms with E-state index in [0.717, 1.165) is 29.4 Å². The Bertz CT molecular complexity index is 491. The van der Waals surface area contributed by atoms with E-state index in [4.69, 9.17) is 4.42 Å². The predicted molar refractivity (Wildman–Crippen MR) is 63.4 cm³/mol. The SMILES string of the molecule is CCNc1cc(C)nc(-c2occc2C)n1. The van der Waals surface area contributed by atoms with Crippen molar-refractivity contribution in [1.82, 2.24) is 9.97 Å². The van der Waals surface area contributed by atoms with Crippen molar-refractivity contribution in [2.45, 2.75) is 20.8 Å². The molecule has 2 aromatic rings. The molecule has 2 heterocycles. The lowest BCUT2D eigenvalue weighted by Crippen LogP contribution is -2.02. The Balaban J connectivity index is 2.45. The Labute approximate surface area is 94.7 Å². The summed E-state index contributed by atoms with van der Waals surface area (Å²) in [5.74, 6) is 2.21. The van der Waals surface area contributed by atoms with Crippen molar-refractivity contribution >= 4 is 5.82 Å². The van der Waals surface area contributed by atoms with Gasteiger partial charge in [-0.2, -0.15) is 0 Å². The highest BCUT2D eigenvalue weighted by molar-refractivity contribution is 5.55. The van der Waals surface area contributed by atoms with Crippen LogP contribution in [0.4, 0.5) is 5.82 Å². The molecule has 4 nitrogen and oxygen atoms in total. The van der Waals surface area contributed by atoms with Crippen LogP contribution in [0.15, 0.2) is 22.8 Å². The van der Waals surface area contributed by atoms with Gasteiger partial charge in [-0.25, -0.2) is 9.97 Å². The van der Waals surface area contributed by atoms with Gasteiger partial charge in [0.25, 0.3) is 0 Å². The number of furan rings is 1. The second-order valence-corrected chi connectivity index (χ2v) is 3.68. The van der Waals surface area contributed by atoms with E-state index in [1.54, 1.807) is 6.26 Å². The van der Waals surface area contributed by atoms with Gasteiger partial charge in [0.1, 0.15) is 5.82 Å². The molecular formula is C12H15N3O. The van der Waals surface area contributed by atoms with Crippen LogP contribution in [0.25, 0.3) is 11.6 Å². The fourth-order valence-corrected chi connectivity index (χ4v) is 1.54. The van der Waals surface area contributed by atoms with Crippen LogP contribution in [0.1, 0.15) is 18.2 Å². The summed E-state index contributed by atoms with van der Waals surface area (Å²) in [7, 11) is 0. The highest BCUT2D eigenvalue weighted by Crippen LogP contribution is 2.22. The van der Waals surface area contributed by atoms with Gasteiger partial charge in [0, 0.05) is 18.3 Å². The van der Waals surface area contributed by atoms with Crippen molar-refractivity contribution in [3.05, 3.63) is 29.7 Å². The lowest BCUT2D eigenvalue weighted by atomic mass is 10.2. The Morgan fingerprint density at radius 1 is 1.31 bits per heavy atom. The summed E-state index contributed by atoms with van der Waals surface area (Å²) in [6.45, 7) is 6.81. The lowest BCUT2D eigenvalue weighted by molar-refractivity contribution is 0.575. The minimum atomic E-state index is 0.637. The molecule has 2 rings (SSSR count). The summed E-state index contributed by atoms with van der Waals surface area (Å²) in [5, 5.41) is 3.18. The maximum Gasteiger partial charge on any atom is 0.198 e. The molecular weight excluding hydrogens is 202 g/mol. The molecule has 0 unspecified atom stereocenters. The Morgan fingerprint density at radius 3 is 2.75 bits per heavy atom. The third kappa shape index (κ3) is 2.05. The Morgan fingerprint density at radius 2 is 2.12 bits per heavy atom. The first kappa shape index (κ1) is 10.7. The zero-order valence-corrected chi connectivity index (χ0v) is 9.74. The molecule has 16 heavy (non-hydrogen) atoms. The quantitative estimate of drug-likeness (QED) is 0.858. The van der Waals surface area contributed by atoms with E-state index in [2.05, 4.69) is 15.3 Å². The number of hydrogen-bond donors (Lipinski definition) is 1. The summed E-state index contributed by atoms with van der Waals surface area (Å²) in [5.41, 5.74) is 1.98. The van der Waals surface area contributed by atoms with Gasteiger partial charge < -0.3 is 9.73 Å². The fraction of sp³-hybridized carbons (Fsp3) is 0.333. The third-order valence-electron chi connectivity index (χ3n) is 2.28. The van der Waals surface area contributed by atoms with Gasteiger partial charge in [-0.05, 0) is 32.4 Å². The molecule has 4 heteroatoms. The summed E-state index contributed by atoms with van der Waals surface area (Å²) in [6, 6.07) is 3.83. The minimum absolute atomic E-state index is 0.637. The van der Waals surface area contributed by atoms with Crippen molar-refractivity contribution in [2.24, 2.45) is 0 Å². The third-order valence-corrected chi connectivity index (χ3v) is 2.28. The van der Waals surface area contributed by atoms with Crippen LogP contribution >= 0.6 is 0 Å². The summed E-state index contributed by atoms with van der Waals surface area (Å²) >= 11 is 0. The highest BCUT2D eigenvalue weighted by Gasteiger charge is 2.10. The molecule has 0 atom stereocenters. The van der Waals surface area contributed by atoms with E-state index in [1.165, 1.54) is 0 Å². The zero-order valence-electron chi connectivity index (χ0n) is 9.74. The highest BCUT2D eigenvalue weighted by atomic mass is 16.3. The van der Waals surface area contributed by atoms with Gasteiger partial charge in [0.05, 0.1) is 6.26 Å². The van der Waals surface area contributed by atoms with Crippen molar-refractivity contribution in [3.63, 3.8) is 0 Å². The molecule has 0 fully saturated rings. The molecule has 84 valence electrons. The summed E-state index contributed by atoms with van der Waals surface area (Å²) in [6.07, 6.45) is 1.66. The number of nitrogens with zero attached hydrogens (tertiary/aromatic N) is 2. The van der Waals surface area contributed by atoms with E-state index < -0.39 is 0 Å². The zero-order chi connectivity index (χ0) is 11.5. The standard InChI is InChI=1S/C12H15N3O/c1-4-13-10-7-9(3)14-12(15-10)11-8(2)5-6-16-11/h5-7H,4H2,1-3H3,(H,13,14,15). The molecule has 0 aliphatic heterocycles. The molecule has 0 saturated carbocycles. The van der Waals surface area contributed by atoms with E-state index >= 15 is 0 Å². The average molecular weight is 217 g/mol. The molecule has 0 radical (unpaired) electrons. The molecule has 0 aromatic carbocycles. The van der Waals surface area contributed by atoms with Gasteiger partial charge in [0.2, 0.25) is 0 Å². The first-order valence-electron chi connectivity index (χ1n) is 5.34. The van der Waals surface area contributed by atoms with E-state index in [9.17, 15) is 0 Å². The van der Waals surface area contributed by atoms with Crippen molar-refractivity contribution in [3.8, 4) is 11.6 Å². The van der Waals surface area contributed by atoms with Gasteiger partial charge in [-0.15, -0.1) is 0 Å². The lowest BCUT2D eigenvalue weighted by Gasteiger charge is -2.05. The van der Waals surface area contributed by atoms with Crippen LogP contribution in [0.5, 0.6) is 0 Å². The van der Waals surface area contributed by atoms with Crippen molar-refractivity contribution < 1.29 is 4.42 Å². The van der Waals surface area contributed by atoms with Crippen LogP contribution in [0.2, 0.25) is 0 Å². The molecule has 0 aliphatic carbocycles. The van der Waals surface area contributed by atoms with Crippen LogP contribution in [-0.4, -0.2) is 16.5 Å². The van der Waals surface area contributed by atoms with Crippen LogP contribution < -0.4 is 5.32 Å². The topological polar surface area (TPSA) is 51.0 Å². The Hall–Kier alpha value is -1.84. The van der Waals surface area contributed by atoms with Gasteiger partial charge in [-0.1, -0.05) is 0 Å². The summed E-state index contributed by atoms with van der Waals surface area (Å²) in [4.78, 5) is 8.79. The minimum Gasteiger partial charge on any atom is -0.461 e. The van der Waals surface area contributed by atoms with Crippen molar-refractivity contribution in [2.75, 3.05) is 11.9 Å². The maximum atomic E-state index is 5.39.